The molecule has 0 radical (unpaired) electrons. The third kappa shape index (κ3) is 12.9. The summed E-state index contributed by atoms with van der Waals surface area (Å²) in [7, 11) is -2.13. The second-order valence-electron chi connectivity index (χ2n) is 8.17. The number of unbranched alkanes of at least 4 members (excludes halogenated alkanes) is 9. The Hall–Kier alpha value is -1.00. The van der Waals surface area contributed by atoms with Crippen LogP contribution in [0.4, 0.5) is 0 Å². The zero-order valence-electron chi connectivity index (χ0n) is 18.4. The summed E-state index contributed by atoms with van der Waals surface area (Å²) in [4.78, 5) is 0. The minimum atomic E-state index is -2.13. The lowest BCUT2D eigenvalue weighted by molar-refractivity contribution is 0.237. The van der Waals surface area contributed by atoms with Gasteiger partial charge in [0.2, 0.25) is 0 Å². The molecule has 0 amide bonds. The molecule has 0 aliphatic carbocycles. The van der Waals surface area contributed by atoms with Gasteiger partial charge in [-0.15, -0.1) is 0 Å². The van der Waals surface area contributed by atoms with Gasteiger partial charge in [-0.1, -0.05) is 64.7 Å². The lowest BCUT2D eigenvalue weighted by Crippen LogP contribution is -2.38. The van der Waals surface area contributed by atoms with Crippen LogP contribution >= 0.6 is 0 Å². The van der Waals surface area contributed by atoms with Crippen molar-refractivity contribution in [3.63, 3.8) is 0 Å². The molecule has 0 fully saturated rings. The van der Waals surface area contributed by atoms with Crippen molar-refractivity contribution in [3.05, 3.63) is 24.3 Å². The second-order valence-corrected chi connectivity index (χ2v) is 11.5. The molecular formula is C23H42O3Si. The van der Waals surface area contributed by atoms with Crippen molar-refractivity contribution in [1.82, 2.24) is 0 Å². The molecule has 0 aliphatic heterocycles. The highest BCUT2D eigenvalue weighted by atomic mass is 28.4. The first-order chi connectivity index (χ1) is 12.9. The van der Waals surface area contributed by atoms with E-state index in [9.17, 15) is 0 Å². The van der Waals surface area contributed by atoms with Gasteiger partial charge in [-0.25, -0.2) is 0 Å². The molecule has 0 N–H and O–H groups in total. The van der Waals surface area contributed by atoms with Crippen molar-refractivity contribution in [3.8, 4) is 11.5 Å². The van der Waals surface area contributed by atoms with Gasteiger partial charge in [0, 0.05) is 6.61 Å². The van der Waals surface area contributed by atoms with Gasteiger partial charge in [0.1, 0.15) is 11.5 Å². The molecule has 0 heterocycles. The average Bonchev–Trinajstić information content (AvgIpc) is 2.60. The third-order valence-electron chi connectivity index (χ3n) is 4.51. The molecule has 0 saturated carbocycles. The van der Waals surface area contributed by atoms with Crippen LogP contribution in [0.3, 0.4) is 0 Å². The first kappa shape index (κ1) is 24.0. The van der Waals surface area contributed by atoms with Crippen molar-refractivity contribution in [1.29, 1.82) is 0 Å². The van der Waals surface area contributed by atoms with Gasteiger partial charge in [-0.2, -0.15) is 0 Å². The Labute approximate surface area is 169 Å². The van der Waals surface area contributed by atoms with E-state index in [2.05, 4.69) is 20.0 Å². The Morgan fingerprint density at radius 3 is 1.74 bits per heavy atom. The summed E-state index contributed by atoms with van der Waals surface area (Å²) >= 11 is 0. The van der Waals surface area contributed by atoms with Crippen molar-refractivity contribution in [2.75, 3.05) is 6.61 Å². The van der Waals surface area contributed by atoms with E-state index in [1.54, 1.807) is 0 Å². The molecule has 1 rings (SSSR count). The SMILES string of the molecule is CCCCCCCCCCCCO[Si](C)(C)Oc1ccc(OC(C)C)cc1. The van der Waals surface area contributed by atoms with Crippen molar-refractivity contribution < 1.29 is 13.6 Å². The standard InChI is InChI=1S/C23H42O3Si/c1-6-7-8-9-10-11-12-13-14-15-20-24-27(4,5)26-23-18-16-22(17-19-23)25-21(2)3/h16-19,21H,6-15,20H2,1-5H3. The summed E-state index contributed by atoms with van der Waals surface area (Å²) in [6.07, 6.45) is 13.7. The maximum absolute atomic E-state index is 6.11. The third-order valence-corrected chi connectivity index (χ3v) is 6.13. The van der Waals surface area contributed by atoms with E-state index in [-0.39, 0.29) is 6.10 Å². The second kappa shape index (κ2) is 14.1. The molecule has 0 aliphatic rings. The van der Waals surface area contributed by atoms with Crippen LogP contribution in [0.15, 0.2) is 24.3 Å². The maximum atomic E-state index is 6.11. The van der Waals surface area contributed by atoms with E-state index in [0.717, 1.165) is 24.5 Å². The summed E-state index contributed by atoms with van der Waals surface area (Å²) in [5, 5.41) is 0. The van der Waals surface area contributed by atoms with E-state index >= 15 is 0 Å². The molecule has 4 heteroatoms. The average molecular weight is 395 g/mol. The first-order valence-electron chi connectivity index (χ1n) is 11.0. The molecule has 0 aromatic heterocycles. The minimum absolute atomic E-state index is 0.187. The van der Waals surface area contributed by atoms with Crippen LogP contribution in [-0.4, -0.2) is 21.3 Å². The highest BCUT2D eigenvalue weighted by Gasteiger charge is 2.26. The molecule has 0 spiro atoms. The van der Waals surface area contributed by atoms with Crippen molar-refractivity contribution >= 4 is 8.56 Å². The molecule has 1 aromatic rings. The predicted molar refractivity (Wildman–Crippen MR) is 118 cm³/mol. The summed E-state index contributed by atoms with van der Waals surface area (Å²) in [6, 6.07) is 7.86. The van der Waals surface area contributed by atoms with Gasteiger partial charge in [0.05, 0.1) is 6.10 Å². The minimum Gasteiger partial charge on any atom is -0.520 e. The lowest BCUT2D eigenvalue weighted by atomic mass is 10.1. The maximum Gasteiger partial charge on any atom is 0.392 e. The number of rotatable bonds is 16. The monoisotopic (exact) mass is 394 g/mol. The molecule has 156 valence electrons. The zero-order valence-corrected chi connectivity index (χ0v) is 19.4. The number of hydrogen-bond acceptors (Lipinski definition) is 3. The van der Waals surface area contributed by atoms with Gasteiger partial charge < -0.3 is 13.6 Å². The van der Waals surface area contributed by atoms with Gasteiger partial charge in [0.25, 0.3) is 0 Å². The van der Waals surface area contributed by atoms with E-state index in [1.165, 1.54) is 57.8 Å². The fourth-order valence-corrected chi connectivity index (χ4v) is 4.48. The highest BCUT2D eigenvalue weighted by Crippen LogP contribution is 2.22. The topological polar surface area (TPSA) is 27.7 Å². The molecule has 0 bridgehead atoms. The summed E-state index contributed by atoms with van der Waals surface area (Å²) in [5.74, 6) is 1.74. The number of hydrogen-bond donors (Lipinski definition) is 0. The molecule has 27 heavy (non-hydrogen) atoms. The number of ether oxygens (including phenoxy) is 1. The molecular weight excluding hydrogens is 352 g/mol. The molecule has 0 saturated heterocycles. The van der Waals surface area contributed by atoms with Crippen LogP contribution in [0.1, 0.15) is 85.0 Å². The Balaban J connectivity index is 2.10. The molecule has 0 atom stereocenters. The highest BCUT2D eigenvalue weighted by molar-refractivity contribution is 6.65. The van der Waals surface area contributed by atoms with Crippen LogP contribution in [0, 0.1) is 0 Å². The Morgan fingerprint density at radius 2 is 1.22 bits per heavy atom. The largest absolute Gasteiger partial charge is 0.520 e. The predicted octanol–water partition coefficient (Wildman–Crippen LogP) is 7.49. The van der Waals surface area contributed by atoms with Gasteiger partial charge in [-0.3, -0.25) is 0 Å². The molecule has 3 nitrogen and oxygen atoms in total. The zero-order chi connectivity index (χ0) is 20.0. The summed E-state index contributed by atoms with van der Waals surface area (Å²) in [5.41, 5.74) is 0. The van der Waals surface area contributed by atoms with Gasteiger partial charge in [-0.05, 0) is 57.6 Å². The van der Waals surface area contributed by atoms with Gasteiger partial charge >= 0.3 is 8.56 Å². The normalized spacial score (nSPS) is 11.8. The summed E-state index contributed by atoms with van der Waals surface area (Å²) < 4.78 is 17.9. The Morgan fingerprint density at radius 1 is 0.741 bits per heavy atom. The fraction of sp³-hybridized carbons (Fsp3) is 0.739. The van der Waals surface area contributed by atoms with Crippen molar-refractivity contribution in [2.45, 2.75) is 104 Å². The van der Waals surface area contributed by atoms with Crippen LogP contribution in [0.25, 0.3) is 0 Å². The smallest absolute Gasteiger partial charge is 0.392 e. The molecule has 1 aromatic carbocycles. The van der Waals surface area contributed by atoms with Crippen LogP contribution < -0.4 is 9.16 Å². The van der Waals surface area contributed by atoms with Crippen LogP contribution in [0.5, 0.6) is 11.5 Å². The van der Waals surface area contributed by atoms with E-state index in [4.69, 9.17) is 13.6 Å². The number of benzene rings is 1. The van der Waals surface area contributed by atoms with Crippen LogP contribution in [-0.2, 0) is 4.43 Å². The fourth-order valence-electron chi connectivity index (χ4n) is 3.08. The van der Waals surface area contributed by atoms with E-state index < -0.39 is 8.56 Å². The molecule has 0 unspecified atom stereocenters. The van der Waals surface area contributed by atoms with E-state index in [1.807, 2.05) is 38.1 Å². The van der Waals surface area contributed by atoms with Gasteiger partial charge in [0.15, 0.2) is 0 Å². The quantitative estimate of drug-likeness (QED) is 0.215. The van der Waals surface area contributed by atoms with Crippen molar-refractivity contribution in [2.24, 2.45) is 0 Å². The van der Waals surface area contributed by atoms with Crippen LogP contribution in [0.2, 0.25) is 13.1 Å². The first-order valence-corrected chi connectivity index (χ1v) is 13.8. The Kier molecular flexibility index (Phi) is 12.5. The Bertz CT molecular complexity index is 471. The van der Waals surface area contributed by atoms with E-state index in [0.29, 0.717) is 0 Å². The lowest BCUT2D eigenvalue weighted by Gasteiger charge is -2.24. The summed E-state index contributed by atoms with van der Waals surface area (Å²) in [6.45, 7) is 11.4.